The summed E-state index contributed by atoms with van der Waals surface area (Å²) in [5.41, 5.74) is 4.18. The number of hydrogen-bond acceptors (Lipinski definition) is 5. The molecule has 0 aliphatic carbocycles. The minimum absolute atomic E-state index is 0.267. The van der Waals surface area contributed by atoms with Crippen molar-refractivity contribution in [2.45, 2.75) is 25.3 Å². The van der Waals surface area contributed by atoms with Crippen LogP contribution in [0.2, 0.25) is 0 Å². The highest BCUT2D eigenvalue weighted by Crippen LogP contribution is 2.31. The molecule has 7 nitrogen and oxygen atoms in total. The molecule has 2 N–H and O–H groups in total. The van der Waals surface area contributed by atoms with Crippen LogP contribution in [0, 0.1) is 0 Å². The highest BCUT2D eigenvalue weighted by atomic mass is 16.4. The van der Waals surface area contributed by atoms with E-state index in [1.165, 1.54) is 6.20 Å². The molecule has 3 heterocycles. The number of carboxylic acids is 1. The molecular formula is C24H29N5O2. The second-order valence-corrected chi connectivity index (χ2v) is 8.03. The molecular weight excluding hydrogens is 390 g/mol. The normalized spacial score (nSPS) is 17.0. The van der Waals surface area contributed by atoms with E-state index in [-0.39, 0.29) is 6.04 Å². The molecule has 1 fully saturated rings. The van der Waals surface area contributed by atoms with E-state index in [9.17, 15) is 9.90 Å². The van der Waals surface area contributed by atoms with Crippen LogP contribution in [0.15, 0.2) is 55.0 Å². The fourth-order valence-corrected chi connectivity index (χ4v) is 4.40. The molecule has 1 saturated heterocycles. The predicted molar refractivity (Wildman–Crippen MR) is 120 cm³/mol. The van der Waals surface area contributed by atoms with E-state index in [4.69, 9.17) is 5.10 Å². The Bertz CT molecular complexity index is 1020. The standard InChI is InChI=1S/C24H29N5O2/c1-25-11-13-28-12-5-8-20(17-28)29-23(14-19-15-26-10-9-21(19)24(30)31)22(16-27-29)18-6-3-2-4-7-18/h2-4,6-7,9-10,15-16,20,25H,5,8,11-14,17H2,1H3,(H,30,31). The first-order valence-electron chi connectivity index (χ1n) is 10.8. The Labute approximate surface area is 182 Å². The number of carboxylic acid groups (broad SMARTS) is 1. The number of hydrogen-bond donors (Lipinski definition) is 2. The number of nitrogens with one attached hydrogen (secondary N) is 1. The van der Waals surface area contributed by atoms with Gasteiger partial charge < -0.3 is 10.4 Å². The average Bonchev–Trinajstić information content (AvgIpc) is 3.22. The molecule has 2 aromatic heterocycles. The number of aromatic nitrogens is 3. The van der Waals surface area contributed by atoms with Crippen LogP contribution in [0.25, 0.3) is 11.1 Å². The van der Waals surface area contributed by atoms with E-state index >= 15 is 0 Å². The molecule has 0 spiro atoms. The van der Waals surface area contributed by atoms with Gasteiger partial charge in [0, 0.05) is 44.0 Å². The number of carbonyl (C=O) groups is 1. The van der Waals surface area contributed by atoms with Gasteiger partial charge in [-0.25, -0.2) is 4.79 Å². The average molecular weight is 420 g/mol. The van der Waals surface area contributed by atoms with E-state index in [1.807, 2.05) is 31.4 Å². The first-order valence-corrected chi connectivity index (χ1v) is 10.8. The summed E-state index contributed by atoms with van der Waals surface area (Å²) in [6, 6.07) is 12.0. The van der Waals surface area contributed by atoms with Crippen molar-refractivity contribution in [3.05, 3.63) is 71.8 Å². The maximum Gasteiger partial charge on any atom is 0.336 e. The van der Waals surface area contributed by atoms with Crippen LogP contribution >= 0.6 is 0 Å². The quantitative estimate of drug-likeness (QED) is 0.584. The van der Waals surface area contributed by atoms with Crippen LogP contribution in [0.5, 0.6) is 0 Å². The number of rotatable bonds is 8. The Morgan fingerprint density at radius 3 is 2.84 bits per heavy atom. The third-order valence-corrected chi connectivity index (χ3v) is 5.98. The molecule has 1 aromatic carbocycles. The van der Waals surface area contributed by atoms with E-state index in [0.29, 0.717) is 17.5 Å². The predicted octanol–water partition coefficient (Wildman–Crippen LogP) is 3.09. The summed E-state index contributed by atoms with van der Waals surface area (Å²) in [5, 5.41) is 17.7. The zero-order valence-corrected chi connectivity index (χ0v) is 17.9. The van der Waals surface area contributed by atoms with E-state index < -0.39 is 5.97 Å². The van der Waals surface area contributed by atoms with Crippen LogP contribution in [0.4, 0.5) is 0 Å². The number of benzene rings is 1. The number of nitrogens with zero attached hydrogens (tertiary/aromatic N) is 4. The summed E-state index contributed by atoms with van der Waals surface area (Å²) in [7, 11) is 1.98. The van der Waals surface area contributed by atoms with Gasteiger partial charge in [0.15, 0.2) is 0 Å². The van der Waals surface area contributed by atoms with Gasteiger partial charge in [-0.1, -0.05) is 30.3 Å². The highest BCUT2D eigenvalue weighted by molar-refractivity contribution is 5.89. The molecule has 0 amide bonds. The fourth-order valence-electron chi connectivity index (χ4n) is 4.40. The molecule has 1 aliphatic rings. The van der Waals surface area contributed by atoms with Gasteiger partial charge in [-0.05, 0) is 43.6 Å². The first kappa shape index (κ1) is 21.2. The minimum Gasteiger partial charge on any atom is -0.478 e. The largest absolute Gasteiger partial charge is 0.478 e. The van der Waals surface area contributed by atoms with E-state index in [0.717, 1.165) is 55.8 Å². The number of aromatic carboxylic acids is 1. The fraction of sp³-hybridized carbons (Fsp3) is 0.375. The number of likely N-dealkylation sites (N-methyl/N-ethyl adjacent to an activating group) is 1. The maximum atomic E-state index is 11.8. The van der Waals surface area contributed by atoms with Crippen LogP contribution in [-0.4, -0.2) is 64.0 Å². The molecule has 4 rings (SSSR count). The van der Waals surface area contributed by atoms with Crippen molar-refractivity contribution in [1.29, 1.82) is 0 Å². The Morgan fingerprint density at radius 2 is 2.06 bits per heavy atom. The molecule has 162 valence electrons. The minimum atomic E-state index is -0.930. The summed E-state index contributed by atoms with van der Waals surface area (Å²) < 4.78 is 2.13. The lowest BCUT2D eigenvalue weighted by molar-refractivity contribution is 0.0695. The van der Waals surface area contributed by atoms with Gasteiger partial charge in [0.1, 0.15) is 0 Å². The van der Waals surface area contributed by atoms with Gasteiger partial charge >= 0.3 is 5.97 Å². The molecule has 1 unspecified atom stereocenters. The SMILES string of the molecule is CNCCN1CCCC(n2ncc(-c3ccccc3)c2Cc2cnccc2C(=O)O)C1. The number of likely N-dealkylation sites (tertiary alicyclic amines) is 1. The maximum absolute atomic E-state index is 11.8. The van der Waals surface area contributed by atoms with Crippen LogP contribution in [0.1, 0.15) is 40.5 Å². The van der Waals surface area contributed by atoms with Crippen molar-refractivity contribution in [2.75, 3.05) is 33.2 Å². The molecule has 1 aliphatic heterocycles. The second-order valence-electron chi connectivity index (χ2n) is 8.03. The zero-order chi connectivity index (χ0) is 21.6. The summed E-state index contributed by atoms with van der Waals surface area (Å²) >= 11 is 0. The zero-order valence-electron chi connectivity index (χ0n) is 17.9. The van der Waals surface area contributed by atoms with Gasteiger partial charge in [0.2, 0.25) is 0 Å². The summed E-state index contributed by atoms with van der Waals surface area (Å²) in [6.07, 6.45) is 7.79. The number of piperidine rings is 1. The molecule has 3 aromatic rings. The lowest BCUT2D eigenvalue weighted by Crippen LogP contribution is -2.40. The van der Waals surface area contributed by atoms with Crippen LogP contribution in [-0.2, 0) is 6.42 Å². The Balaban J connectivity index is 1.71. The van der Waals surface area contributed by atoms with Crippen molar-refractivity contribution in [3.63, 3.8) is 0 Å². The molecule has 31 heavy (non-hydrogen) atoms. The smallest absolute Gasteiger partial charge is 0.336 e. The lowest BCUT2D eigenvalue weighted by atomic mass is 9.98. The monoisotopic (exact) mass is 419 g/mol. The van der Waals surface area contributed by atoms with Gasteiger partial charge in [-0.15, -0.1) is 0 Å². The summed E-state index contributed by atoms with van der Waals surface area (Å²) in [4.78, 5) is 18.4. The topological polar surface area (TPSA) is 83.3 Å². The van der Waals surface area contributed by atoms with Crippen molar-refractivity contribution < 1.29 is 9.90 Å². The van der Waals surface area contributed by atoms with Crippen molar-refractivity contribution in [1.82, 2.24) is 25.0 Å². The molecule has 7 heteroatoms. The second kappa shape index (κ2) is 9.85. The van der Waals surface area contributed by atoms with E-state index in [1.54, 1.807) is 12.3 Å². The molecule has 0 saturated carbocycles. The van der Waals surface area contributed by atoms with Gasteiger partial charge in [0.05, 0.1) is 23.5 Å². The van der Waals surface area contributed by atoms with E-state index in [2.05, 4.69) is 32.0 Å². The Kier molecular flexibility index (Phi) is 6.74. The van der Waals surface area contributed by atoms with Gasteiger partial charge in [-0.3, -0.25) is 14.6 Å². The third kappa shape index (κ3) is 4.84. The third-order valence-electron chi connectivity index (χ3n) is 5.98. The highest BCUT2D eigenvalue weighted by Gasteiger charge is 2.26. The van der Waals surface area contributed by atoms with Crippen LogP contribution in [0.3, 0.4) is 0 Å². The van der Waals surface area contributed by atoms with Gasteiger partial charge in [0.25, 0.3) is 0 Å². The Hall–Kier alpha value is -3.03. The molecule has 0 bridgehead atoms. The summed E-state index contributed by atoms with van der Waals surface area (Å²) in [5.74, 6) is -0.930. The lowest BCUT2D eigenvalue weighted by Gasteiger charge is -2.33. The van der Waals surface area contributed by atoms with Crippen molar-refractivity contribution >= 4 is 5.97 Å². The Morgan fingerprint density at radius 1 is 1.23 bits per heavy atom. The van der Waals surface area contributed by atoms with Crippen molar-refractivity contribution in [2.24, 2.45) is 0 Å². The molecule has 1 atom stereocenters. The molecule has 0 radical (unpaired) electrons. The van der Waals surface area contributed by atoms with Crippen LogP contribution < -0.4 is 5.32 Å². The van der Waals surface area contributed by atoms with Crippen molar-refractivity contribution in [3.8, 4) is 11.1 Å². The number of pyridine rings is 1. The van der Waals surface area contributed by atoms with Gasteiger partial charge in [-0.2, -0.15) is 5.10 Å². The first-order chi connectivity index (χ1) is 15.2. The summed E-state index contributed by atoms with van der Waals surface area (Å²) in [6.45, 7) is 4.03.